The van der Waals surface area contributed by atoms with Gasteiger partial charge in [-0.25, -0.2) is 0 Å². The summed E-state index contributed by atoms with van der Waals surface area (Å²) in [5.41, 5.74) is 4.16. The molecule has 0 heterocycles. The molecule has 3 amide bonds. The fraction of sp³-hybridized carbons (Fsp3) is 0.121. The second kappa shape index (κ2) is 14.6. The van der Waals surface area contributed by atoms with E-state index in [2.05, 4.69) is 16.0 Å². The smallest absolute Gasteiger partial charge is 0.272 e. The summed E-state index contributed by atoms with van der Waals surface area (Å²) in [5.74, 6) is -0.948. The van der Waals surface area contributed by atoms with Crippen molar-refractivity contribution in [2.24, 2.45) is 0 Å². The number of non-ortho nitro benzene ring substituents is 1. The topological polar surface area (TPSA) is 130 Å². The van der Waals surface area contributed by atoms with Crippen molar-refractivity contribution in [3.63, 3.8) is 0 Å². The third-order valence-electron chi connectivity index (χ3n) is 6.43. The number of anilines is 2. The molecule has 0 fully saturated rings. The minimum atomic E-state index is -0.577. The lowest BCUT2D eigenvalue weighted by Crippen LogP contribution is -2.30. The van der Waals surface area contributed by atoms with Gasteiger partial charge in [0.1, 0.15) is 5.70 Å². The van der Waals surface area contributed by atoms with Gasteiger partial charge in [0.25, 0.3) is 17.5 Å². The standard InChI is InChI=1S/C33H30N4O5S/c1-3-24-11-7-8-22(2)31(24)36-30(38)21-43-28-18-14-26(15-19-28)34-33(40)29(35-32(39)25-9-5-4-6-10-25)20-23-12-16-27(17-13-23)37(41)42/h4-20H,3,21H2,1-2H3,(H,34,40)(H,35,39)(H,36,38)/b29-20-. The molecule has 0 aliphatic carbocycles. The van der Waals surface area contributed by atoms with Gasteiger partial charge in [0.2, 0.25) is 5.91 Å². The highest BCUT2D eigenvalue weighted by Crippen LogP contribution is 2.24. The molecule has 0 radical (unpaired) electrons. The first-order chi connectivity index (χ1) is 20.7. The number of nitrogens with one attached hydrogen (secondary N) is 3. The summed E-state index contributed by atoms with van der Waals surface area (Å²) in [4.78, 5) is 50.0. The van der Waals surface area contributed by atoms with Gasteiger partial charge >= 0.3 is 0 Å². The van der Waals surface area contributed by atoms with Crippen molar-refractivity contribution < 1.29 is 19.3 Å². The molecule has 3 N–H and O–H groups in total. The van der Waals surface area contributed by atoms with Crippen LogP contribution in [0.3, 0.4) is 0 Å². The first-order valence-corrected chi connectivity index (χ1v) is 14.5. The van der Waals surface area contributed by atoms with Crippen molar-refractivity contribution in [1.29, 1.82) is 0 Å². The third kappa shape index (κ3) is 8.64. The molecule has 43 heavy (non-hydrogen) atoms. The minimum Gasteiger partial charge on any atom is -0.325 e. The van der Waals surface area contributed by atoms with Gasteiger partial charge in [-0.05, 0) is 84.6 Å². The monoisotopic (exact) mass is 594 g/mol. The van der Waals surface area contributed by atoms with Gasteiger partial charge in [-0.3, -0.25) is 24.5 Å². The van der Waals surface area contributed by atoms with Crippen LogP contribution in [0.15, 0.2) is 108 Å². The number of benzene rings is 4. The zero-order valence-electron chi connectivity index (χ0n) is 23.6. The van der Waals surface area contributed by atoms with E-state index in [-0.39, 0.29) is 23.0 Å². The van der Waals surface area contributed by atoms with Crippen LogP contribution in [0.5, 0.6) is 0 Å². The molecule has 10 heteroatoms. The highest BCUT2D eigenvalue weighted by atomic mass is 32.2. The normalized spacial score (nSPS) is 11.0. The Morgan fingerprint density at radius 2 is 1.56 bits per heavy atom. The molecule has 4 aromatic carbocycles. The number of hydrogen-bond donors (Lipinski definition) is 3. The number of nitro groups is 1. The Bertz CT molecular complexity index is 1650. The molecule has 0 aromatic heterocycles. The van der Waals surface area contributed by atoms with Crippen molar-refractivity contribution in [2.45, 2.75) is 25.2 Å². The van der Waals surface area contributed by atoms with Crippen LogP contribution in [0.2, 0.25) is 0 Å². The summed E-state index contributed by atoms with van der Waals surface area (Å²) in [6.07, 6.45) is 2.26. The van der Waals surface area contributed by atoms with Gasteiger partial charge < -0.3 is 16.0 Å². The van der Waals surface area contributed by atoms with Gasteiger partial charge in [-0.2, -0.15) is 0 Å². The number of hydrogen-bond acceptors (Lipinski definition) is 6. The lowest BCUT2D eigenvalue weighted by atomic mass is 10.1. The average molecular weight is 595 g/mol. The van der Waals surface area contributed by atoms with Crippen LogP contribution in [0.4, 0.5) is 17.1 Å². The van der Waals surface area contributed by atoms with Crippen LogP contribution in [0, 0.1) is 17.0 Å². The Balaban J connectivity index is 1.43. The Labute approximate surface area is 253 Å². The molecule has 4 rings (SSSR count). The number of aryl methyl sites for hydroxylation is 2. The van der Waals surface area contributed by atoms with E-state index in [0.717, 1.165) is 28.1 Å². The maximum absolute atomic E-state index is 13.3. The number of nitro benzene ring substituents is 1. The van der Waals surface area contributed by atoms with Gasteiger partial charge in [0.05, 0.1) is 10.7 Å². The molecular formula is C33H30N4O5S. The van der Waals surface area contributed by atoms with Crippen LogP contribution < -0.4 is 16.0 Å². The summed E-state index contributed by atoms with van der Waals surface area (Å²) < 4.78 is 0. The quantitative estimate of drug-likeness (QED) is 0.0776. The lowest BCUT2D eigenvalue weighted by Gasteiger charge is -2.13. The fourth-order valence-electron chi connectivity index (χ4n) is 4.16. The maximum Gasteiger partial charge on any atom is 0.272 e. The number of nitrogens with zero attached hydrogens (tertiary/aromatic N) is 1. The van der Waals surface area contributed by atoms with Gasteiger partial charge in [0, 0.05) is 34.0 Å². The van der Waals surface area contributed by atoms with Crippen LogP contribution >= 0.6 is 11.8 Å². The number of thioether (sulfide) groups is 1. The van der Waals surface area contributed by atoms with E-state index in [1.165, 1.54) is 42.1 Å². The molecule has 0 bridgehead atoms. The molecule has 0 atom stereocenters. The molecule has 0 aliphatic heterocycles. The summed E-state index contributed by atoms with van der Waals surface area (Å²) in [7, 11) is 0. The van der Waals surface area contributed by atoms with Gasteiger partial charge in [-0.1, -0.05) is 43.3 Å². The molecule has 9 nitrogen and oxygen atoms in total. The molecule has 0 saturated heterocycles. The van der Waals surface area contributed by atoms with E-state index < -0.39 is 16.7 Å². The van der Waals surface area contributed by atoms with E-state index in [1.807, 2.05) is 32.0 Å². The van der Waals surface area contributed by atoms with Gasteiger partial charge in [-0.15, -0.1) is 11.8 Å². The van der Waals surface area contributed by atoms with Crippen LogP contribution in [0.25, 0.3) is 6.08 Å². The number of carbonyl (C=O) groups excluding carboxylic acids is 3. The van der Waals surface area contributed by atoms with Crippen molar-refractivity contribution in [1.82, 2.24) is 5.32 Å². The van der Waals surface area contributed by atoms with Crippen molar-refractivity contribution in [3.8, 4) is 0 Å². The van der Waals surface area contributed by atoms with Crippen molar-refractivity contribution in [3.05, 3.63) is 135 Å². The first-order valence-electron chi connectivity index (χ1n) is 13.5. The Kier molecular flexibility index (Phi) is 10.4. The predicted octanol–water partition coefficient (Wildman–Crippen LogP) is 6.61. The third-order valence-corrected chi connectivity index (χ3v) is 7.44. The molecule has 4 aromatic rings. The molecule has 0 saturated carbocycles. The zero-order valence-corrected chi connectivity index (χ0v) is 24.4. The Morgan fingerprint density at radius 3 is 2.21 bits per heavy atom. The predicted molar refractivity (Wildman–Crippen MR) is 170 cm³/mol. The summed E-state index contributed by atoms with van der Waals surface area (Å²) >= 11 is 1.37. The van der Waals surface area contributed by atoms with E-state index in [9.17, 15) is 24.5 Å². The number of amides is 3. The Hall–Kier alpha value is -5.22. The van der Waals surface area contributed by atoms with Crippen LogP contribution in [-0.4, -0.2) is 28.4 Å². The minimum absolute atomic E-state index is 0.0412. The van der Waals surface area contributed by atoms with E-state index in [1.54, 1.807) is 54.6 Å². The second-order valence-electron chi connectivity index (χ2n) is 9.50. The SMILES string of the molecule is CCc1cccc(C)c1NC(=O)CSc1ccc(NC(=O)/C(=C/c2ccc([N+](=O)[O-])cc2)NC(=O)c2ccccc2)cc1. The maximum atomic E-state index is 13.3. The molecule has 0 spiro atoms. The van der Waals surface area contributed by atoms with E-state index in [0.29, 0.717) is 16.8 Å². The highest BCUT2D eigenvalue weighted by Gasteiger charge is 2.16. The molecule has 218 valence electrons. The van der Waals surface area contributed by atoms with Crippen LogP contribution in [-0.2, 0) is 16.0 Å². The van der Waals surface area contributed by atoms with Gasteiger partial charge in [0.15, 0.2) is 0 Å². The van der Waals surface area contributed by atoms with E-state index in [4.69, 9.17) is 0 Å². The average Bonchev–Trinajstić information content (AvgIpc) is 3.02. The Morgan fingerprint density at radius 1 is 0.860 bits per heavy atom. The number of rotatable bonds is 11. The lowest BCUT2D eigenvalue weighted by molar-refractivity contribution is -0.384. The molecule has 0 unspecified atom stereocenters. The largest absolute Gasteiger partial charge is 0.325 e. The van der Waals surface area contributed by atoms with Crippen molar-refractivity contribution in [2.75, 3.05) is 16.4 Å². The highest BCUT2D eigenvalue weighted by molar-refractivity contribution is 8.00. The molecular weight excluding hydrogens is 564 g/mol. The van der Waals surface area contributed by atoms with E-state index >= 15 is 0 Å². The van der Waals surface area contributed by atoms with Crippen molar-refractivity contribution >= 4 is 52.6 Å². The summed E-state index contributed by atoms with van der Waals surface area (Å²) in [5, 5.41) is 19.4. The second-order valence-corrected chi connectivity index (χ2v) is 10.6. The summed E-state index contributed by atoms with van der Waals surface area (Å²) in [6, 6.07) is 27.0. The first kappa shape index (κ1) is 30.7. The summed E-state index contributed by atoms with van der Waals surface area (Å²) in [6.45, 7) is 4.01. The number of carbonyl (C=O) groups is 3. The fourth-order valence-corrected chi connectivity index (χ4v) is 4.86. The van der Waals surface area contributed by atoms with Crippen LogP contribution in [0.1, 0.15) is 34.0 Å². The number of para-hydroxylation sites is 1. The molecule has 0 aliphatic rings. The zero-order chi connectivity index (χ0) is 30.8.